The van der Waals surface area contributed by atoms with E-state index < -0.39 is 0 Å². The molecule has 0 aliphatic carbocycles. The number of halogens is 1. The largest absolute Gasteiger partial charge is 0.353 e. The molecule has 0 spiro atoms. The van der Waals surface area contributed by atoms with Crippen LogP contribution in [0.25, 0.3) is 0 Å². The zero-order chi connectivity index (χ0) is 13.3. The van der Waals surface area contributed by atoms with Crippen molar-refractivity contribution in [1.82, 2.24) is 14.8 Å². The van der Waals surface area contributed by atoms with Gasteiger partial charge in [-0.2, -0.15) is 0 Å². The van der Waals surface area contributed by atoms with Crippen LogP contribution in [0.5, 0.6) is 0 Å². The normalized spacial score (nSPS) is 19.8. The second-order valence-corrected chi connectivity index (χ2v) is 4.80. The summed E-state index contributed by atoms with van der Waals surface area (Å²) in [5, 5.41) is 3.30. The van der Waals surface area contributed by atoms with Gasteiger partial charge in [0.25, 0.3) is 5.91 Å². The molecule has 98 valence electrons. The number of amides is 2. The van der Waals surface area contributed by atoms with Gasteiger partial charge < -0.3 is 14.8 Å². The van der Waals surface area contributed by atoms with Gasteiger partial charge >= 0.3 is 0 Å². The summed E-state index contributed by atoms with van der Waals surface area (Å²) in [5.41, 5.74) is 0.508. The molecule has 5 nitrogen and oxygen atoms in total. The lowest BCUT2D eigenvalue weighted by Gasteiger charge is -2.34. The van der Waals surface area contributed by atoms with E-state index in [0.717, 1.165) is 0 Å². The van der Waals surface area contributed by atoms with E-state index in [2.05, 4.69) is 5.32 Å². The van der Waals surface area contributed by atoms with E-state index in [9.17, 15) is 9.59 Å². The number of nitrogens with one attached hydrogen (secondary N) is 1. The van der Waals surface area contributed by atoms with Gasteiger partial charge in [0.15, 0.2) is 0 Å². The quantitative estimate of drug-likeness (QED) is 0.872. The number of hydrogen-bond donors (Lipinski definition) is 1. The summed E-state index contributed by atoms with van der Waals surface area (Å²) in [6, 6.07) is 1.24. The summed E-state index contributed by atoms with van der Waals surface area (Å²) in [6.07, 6.45) is 2.29. The first kappa shape index (κ1) is 13.0. The molecular weight excluding hydrogens is 254 g/mol. The Balaban J connectivity index is 2.27. The van der Waals surface area contributed by atoms with Crippen LogP contribution in [0.3, 0.4) is 0 Å². The Morgan fingerprint density at radius 3 is 2.89 bits per heavy atom. The molecular formula is C12H16ClN3O2. The molecule has 6 heteroatoms. The van der Waals surface area contributed by atoms with E-state index in [0.29, 0.717) is 30.2 Å². The lowest BCUT2D eigenvalue weighted by atomic mass is 10.1. The van der Waals surface area contributed by atoms with Crippen molar-refractivity contribution in [2.24, 2.45) is 7.05 Å². The Kier molecular flexibility index (Phi) is 3.61. The van der Waals surface area contributed by atoms with Gasteiger partial charge in [-0.3, -0.25) is 9.59 Å². The molecule has 1 atom stereocenters. The van der Waals surface area contributed by atoms with Crippen LogP contribution in [-0.4, -0.2) is 40.4 Å². The zero-order valence-corrected chi connectivity index (χ0v) is 11.2. The number of carbonyl (C=O) groups is 2. The highest BCUT2D eigenvalue weighted by Crippen LogP contribution is 2.18. The van der Waals surface area contributed by atoms with E-state index in [4.69, 9.17) is 11.6 Å². The molecule has 1 aliphatic rings. The van der Waals surface area contributed by atoms with Gasteiger partial charge in [-0.15, -0.1) is 0 Å². The average molecular weight is 270 g/mol. The van der Waals surface area contributed by atoms with Crippen molar-refractivity contribution in [1.29, 1.82) is 0 Å². The van der Waals surface area contributed by atoms with Gasteiger partial charge in [0, 0.05) is 26.3 Å². The Bertz CT molecular complexity index is 484. The van der Waals surface area contributed by atoms with Gasteiger partial charge in [-0.05, 0) is 12.5 Å². The second kappa shape index (κ2) is 5.02. The minimum absolute atomic E-state index is 0.0857. The monoisotopic (exact) mass is 269 g/mol. The molecule has 1 aliphatic heterocycles. The van der Waals surface area contributed by atoms with Crippen molar-refractivity contribution in [3.63, 3.8) is 0 Å². The number of hydrogen-bond acceptors (Lipinski definition) is 2. The molecule has 2 amide bonds. The van der Waals surface area contributed by atoms with Gasteiger partial charge in [-0.25, -0.2) is 0 Å². The number of piperazine rings is 1. The number of aromatic nitrogens is 1. The number of aryl methyl sites for hydroxylation is 1. The number of carbonyl (C=O) groups excluding carboxylic acids is 2. The lowest BCUT2D eigenvalue weighted by Crippen LogP contribution is -2.57. The second-order valence-electron chi connectivity index (χ2n) is 4.37. The van der Waals surface area contributed by atoms with Gasteiger partial charge in [0.05, 0.1) is 5.02 Å². The van der Waals surface area contributed by atoms with Gasteiger partial charge in [-0.1, -0.05) is 18.5 Å². The van der Waals surface area contributed by atoms with E-state index in [1.807, 2.05) is 6.92 Å². The smallest absolute Gasteiger partial charge is 0.271 e. The van der Waals surface area contributed by atoms with Crippen LogP contribution < -0.4 is 5.32 Å². The van der Waals surface area contributed by atoms with Crippen LogP contribution in [0.15, 0.2) is 12.3 Å². The van der Waals surface area contributed by atoms with E-state index in [1.54, 1.807) is 28.8 Å². The molecule has 1 fully saturated rings. The predicted molar refractivity (Wildman–Crippen MR) is 68.5 cm³/mol. The molecule has 0 radical (unpaired) electrons. The van der Waals surface area contributed by atoms with Gasteiger partial charge in [0.1, 0.15) is 11.7 Å². The van der Waals surface area contributed by atoms with Crippen molar-refractivity contribution >= 4 is 23.4 Å². The standard InChI is InChI=1S/C12H16ClN3O2/c1-3-9-11(17)14-4-5-16(9)12(18)10-6-8(13)7-15(10)2/h6-7,9H,3-5H2,1-2H3,(H,14,17). The molecule has 2 heterocycles. The maximum Gasteiger partial charge on any atom is 0.271 e. The van der Waals surface area contributed by atoms with E-state index >= 15 is 0 Å². The summed E-state index contributed by atoms with van der Waals surface area (Å²) in [6.45, 7) is 2.93. The highest BCUT2D eigenvalue weighted by molar-refractivity contribution is 6.31. The Morgan fingerprint density at radius 2 is 2.33 bits per heavy atom. The first-order valence-electron chi connectivity index (χ1n) is 5.95. The summed E-state index contributed by atoms with van der Waals surface area (Å²) in [7, 11) is 1.77. The van der Waals surface area contributed by atoms with Crippen molar-refractivity contribution in [2.45, 2.75) is 19.4 Å². The molecule has 0 bridgehead atoms. The fourth-order valence-corrected chi connectivity index (χ4v) is 2.50. The summed E-state index contributed by atoms with van der Waals surface area (Å²) in [4.78, 5) is 25.8. The Morgan fingerprint density at radius 1 is 1.61 bits per heavy atom. The molecule has 1 aromatic rings. The lowest BCUT2D eigenvalue weighted by molar-refractivity contribution is -0.127. The average Bonchev–Trinajstić information content (AvgIpc) is 2.67. The maximum absolute atomic E-state index is 12.4. The maximum atomic E-state index is 12.4. The summed E-state index contributed by atoms with van der Waals surface area (Å²) in [5.74, 6) is -0.233. The Hall–Kier alpha value is -1.49. The molecule has 1 saturated heterocycles. The Labute approximate surface area is 111 Å². The third-order valence-electron chi connectivity index (χ3n) is 3.17. The molecule has 2 rings (SSSR count). The van der Waals surface area contributed by atoms with Crippen LogP contribution in [-0.2, 0) is 11.8 Å². The van der Waals surface area contributed by atoms with Crippen LogP contribution in [0.1, 0.15) is 23.8 Å². The molecule has 0 aromatic carbocycles. The minimum Gasteiger partial charge on any atom is -0.353 e. The third-order valence-corrected chi connectivity index (χ3v) is 3.38. The van der Waals surface area contributed by atoms with Crippen molar-refractivity contribution in [3.8, 4) is 0 Å². The zero-order valence-electron chi connectivity index (χ0n) is 10.4. The van der Waals surface area contributed by atoms with E-state index in [1.165, 1.54) is 0 Å². The number of rotatable bonds is 2. The van der Waals surface area contributed by atoms with Crippen LogP contribution >= 0.6 is 11.6 Å². The first-order chi connectivity index (χ1) is 8.54. The number of nitrogens with zero attached hydrogens (tertiary/aromatic N) is 2. The van der Waals surface area contributed by atoms with Crippen molar-refractivity contribution in [2.75, 3.05) is 13.1 Å². The van der Waals surface area contributed by atoms with Crippen molar-refractivity contribution < 1.29 is 9.59 Å². The first-order valence-corrected chi connectivity index (χ1v) is 6.33. The van der Waals surface area contributed by atoms with Crippen LogP contribution in [0.4, 0.5) is 0 Å². The highest BCUT2D eigenvalue weighted by Gasteiger charge is 2.33. The minimum atomic E-state index is -0.389. The summed E-state index contributed by atoms with van der Waals surface area (Å²) < 4.78 is 1.68. The molecule has 0 saturated carbocycles. The van der Waals surface area contributed by atoms with Gasteiger partial charge in [0.2, 0.25) is 5.91 Å². The van der Waals surface area contributed by atoms with Crippen molar-refractivity contribution in [3.05, 3.63) is 23.0 Å². The predicted octanol–water partition coefficient (Wildman–Crippen LogP) is 1.03. The van der Waals surface area contributed by atoms with E-state index in [-0.39, 0.29) is 17.9 Å². The molecule has 18 heavy (non-hydrogen) atoms. The molecule has 1 N–H and O–H groups in total. The topological polar surface area (TPSA) is 54.3 Å². The van der Waals surface area contributed by atoms with Crippen LogP contribution in [0, 0.1) is 0 Å². The molecule has 1 unspecified atom stereocenters. The third kappa shape index (κ3) is 2.22. The van der Waals surface area contributed by atoms with Crippen LogP contribution in [0.2, 0.25) is 5.02 Å². The molecule has 1 aromatic heterocycles. The fraction of sp³-hybridized carbons (Fsp3) is 0.500. The summed E-state index contributed by atoms with van der Waals surface area (Å²) >= 11 is 5.88. The highest BCUT2D eigenvalue weighted by atomic mass is 35.5. The fourth-order valence-electron chi connectivity index (χ4n) is 2.25. The SMILES string of the molecule is CCC1C(=O)NCCN1C(=O)c1cc(Cl)cn1C.